The Morgan fingerprint density at radius 1 is 0.966 bits per heavy atom. The molecule has 29 heavy (non-hydrogen) atoms. The molecule has 2 aliphatic rings. The lowest BCUT2D eigenvalue weighted by Crippen LogP contribution is -2.39. The second-order valence-corrected chi connectivity index (χ2v) is 7.52. The Morgan fingerprint density at radius 2 is 1.66 bits per heavy atom. The second kappa shape index (κ2) is 8.55. The topological polar surface area (TPSA) is 67.9 Å². The fourth-order valence-corrected chi connectivity index (χ4v) is 4.12. The molecule has 1 fully saturated rings. The summed E-state index contributed by atoms with van der Waals surface area (Å²) < 4.78 is 10.7. The van der Waals surface area contributed by atoms with Gasteiger partial charge >= 0.3 is 0 Å². The van der Waals surface area contributed by atoms with E-state index in [4.69, 9.17) is 9.47 Å². The number of benzene rings is 2. The van der Waals surface area contributed by atoms with Gasteiger partial charge in [-0.2, -0.15) is 0 Å². The summed E-state index contributed by atoms with van der Waals surface area (Å²) in [5, 5.41) is 2.98. The van der Waals surface area contributed by atoms with Crippen LogP contribution in [-0.2, 0) is 9.59 Å². The minimum absolute atomic E-state index is 0.00479. The normalized spacial score (nSPS) is 20.2. The minimum atomic E-state index is -0.0729. The molecule has 2 aromatic rings. The lowest BCUT2D eigenvalue weighted by Gasteiger charge is -2.31. The first-order valence-corrected chi connectivity index (χ1v) is 10.2. The van der Waals surface area contributed by atoms with Crippen molar-refractivity contribution in [3.8, 4) is 11.5 Å². The molecule has 1 aliphatic heterocycles. The molecule has 6 heteroatoms. The molecule has 2 amide bonds. The van der Waals surface area contributed by atoms with Crippen LogP contribution < -0.4 is 19.7 Å². The highest BCUT2D eigenvalue weighted by Gasteiger charge is 2.32. The van der Waals surface area contributed by atoms with Crippen LogP contribution >= 0.6 is 0 Å². The molecule has 2 aromatic carbocycles. The van der Waals surface area contributed by atoms with Crippen LogP contribution in [0.4, 0.5) is 11.4 Å². The first-order chi connectivity index (χ1) is 14.2. The highest BCUT2D eigenvalue weighted by molar-refractivity contribution is 5.96. The number of nitrogens with one attached hydrogen (secondary N) is 1. The van der Waals surface area contributed by atoms with Crippen molar-refractivity contribution in [3.63, 3.8) is 0 Å². The fourth-order valence-electron chi connectivity index (χ4n) is 4.12. The summed E-state index contributed by atoms with van der Waals surface area (Å²) in [7, 11) is 0. The molecular weight excluding hydrogens is 368 g/mol. The molecule has 6 nitrogen and oxygen atoms in total. The van der Waals surface area contributed by atoms with Gasteiger partial charge in [-0.3, -0.25) is 9.59 Å². The zero-order chi connectivity index (χ0) is 20.2. The molecule has 4 rings (SSSR count). The predicted octanol–water partition coefficient (Wildman–Crippen LogP) is 4.21. The molecule has 1 saturated carbocycles. The Labute approximate surface area is 170 Å². The van der Waals surface area contributed by atoms with Crippen LogP contribution in [0.25, 0.3) is 0 Å². The zero-order valence-electron chi connectivity index (χ0n) is 16.6. The van der Waals surface area contributed by atoms with Crippen molar-refractivity contribution < 1.29 is 19.1 Å². The van der Waals surface area contributed by atoms with Gasteiger partial charge in [-0.1, -0.05) is 18.2 Å². The summed E-state index contributed by atoms with van der Waals surface area (Å²) >= 11 is 0. The second-order valence-electron chi connectivity index (χ2n) is 7.52. The number of anilines is 2. The van der Waals surface area contributed by atoms with Gasteiger partial charge in [0.25, 0.3) is 0 Å². The van der Waals surface area contributed by atoms with E-state index in [1.807, 2.05) is 48.2 Å². The monoisotopic (exact) mass is 394 g/mol. The van der Waals surface area contributed by atoms with E-state index in [2.05, 4.69) is 5.32 Å². The smallest absolute Gasteiger partial charge is 0.231 e. The van der Waals surface area contributed by atoms with Crippen molar-refractivity contribution >= 4 is 23.2 Å². The Balaban J connectivity index is 1.33. The molecule has 1 N–H and O–H groups in total. The maximum Gasteiger partial charge on any atom is 0.231 e. The number of nitrogens with zero attached hydrogens (tertiary/aromatic N) is 1. The van der Waals surface area contributed by atoms with Crippen molar-refractivity contribution in [2.45, 2.75) is 32.6 Å². The Kier molecular flexibility index (Phi) is 5.69. The molecule has 152 valence electrons. The number of carbonyl (C=O) groups is 2. The van der Waals surface area contributed by atoms with Crippen molar-refractivity contribution in [2.75, 3.05) is 23.6 Å². The van der Waals surface area contributed by atoms with Gasteiger partial charge in [-0.15, -0.1) is 0 Å². The number of para-hydroxylation sites is 1. The minimum Gasteiger partial charge on any atom is -0.454 e. The van der Waals surface area contributed by atoms with E-state index in [1.165, 1.54) is 0 Å². The Morgan fingerprint density at radius 3 is 2.38 bits per heavy atom. The van der Waals surface area contributed by atoms with Gasteiger partial charge in [0.05, 0.1) is 0 Å². The maximum absolute atomic E-state index is 13.0. The van der Waals surface area contributed by atoms with E-state index in [0.717, 1.165) is 31.4 Å². The van der Waals surface area contributed by atoms with E-state index in [1.54, 1.807) is 12.1 Å². The number of ether oxygens (including phenoxy) is 2. The molecule has 1 aliphatic carbocycles. The summed E-state index contributed by atoms with van der Waals surface area (Å²) in [6.07, 6.45) is 2.92. The SMILES string of the molecule is CCN(C(=O)C1CCC(C(=O)Nc2ccc3c(c2)OCO3)CC1)c1ccccc1. The molecule has 0 bridgehead atoms. The largest absolute Gasteiger partial charge is 0.454 e. The maximum atomic E-state index is 13.0. The summed E-state index contributed by atoms with van der Waals surface area (Å²) in [5.41, 5.74) is 1.64. The molecule has 0 atom stereocenters. The molecule has 0 unspecified atom stereocenters. The van der Waals surface area contributed by atoms with Crippen LogP contribution in [0, 0.1) is 11.8 Å². The molecule has 0 spiro atoms. The highest BCUT2D eigenvalue weighted by atomic mass is 16.7. The van der Waals surface area contributed by atoms with Gasteiger partial charge in [0.2, 0.25) is 18.6 Å². The average molecular weight is 394 g/mol. The molecule has 0 saturated heterocycles. The Bertz CT molecular complexity index is 876. The van der Waals surface area contributed by atoms with E-state index in [0.29, 0.717) is 23.7 Å². The van der Waals surface area contributed by atoms with Crippen LogP contribution in [0.15, 0.2) is 48.5 Å². The quantitative estimate of drug-likeness (QED) is 0.825. The molecular formula is C23H26N2O4. The highest BCUT2D eigenvalue weighted by Crippen LogP contribution is 2.35. The number of hydrogen-bond donors (Lipinski definition) is 1. The zero-order valence-corrected chi connectivity index (χ0v) is 16.6. The van der Waals surface area contributed by atoms with Crippen LogP contribution in [-0.4, -0.2) is 25.2 Å². The van der Waals surface area contributed by atoms with Crippen molar-refractivity contribution in [2.24, 2.45) is 11.8 Å². The fraction of sp³-hybridized carbons (Fsp3) is 0.391. The third-order valence-corrected chi connectivity index (χ3v) is 5.74. The number of carbonyl (C=O) groups excluding carboxylic acids is 2. The van der Waals surface area contributed by atoms with E-state index in [9.17, 15) is 9.59 Å². The van der Waals surface area contributed by atoms with Gasteiger partial charge in [0, 0.05) is 35.8 Å². The molecule has 0 aromatic heterocycles. The lowest BCUT2D eigenvalue weighted by atomic mass is 9.80. The first-order valence-electron chi connectivity index (χ1n) is 10.2. The van der Waals surface area contributed by atoms with Crippen LogP contribution in [0.3, 0.4) is 0 Å². The standard InChI is InChI=1S/C23H26N2O4/c1-2-25(19-6-4-3-5-7-19)23(27)17-10-8-16(9-11-17)22(26)24-18-12-13-20-21(14-18)29-15-28-20/h3-7,12-14,16-17H,2,8-11,15H2,1H3,(H,24,26). The van der Waals surface area contributed by atoms with Gasteiger partial charge in [0.15, 0.2) is 11.5 Å². The number of fused-ring (bicyclic) bond motifs is 1. The van der Waals surface area contributed by atoms with Crippen LogP contribution in [0.1, 0.15) is 32.6 Å². The summed E-state index contributed by atoms with van der Waals surface area (Å²) in [6, 6.07) is 15.2. The number of amides is 2. The van der Waals surface area contributed by atoms with Crippen LogP contribution in [0.5, 0.6) is 11.5 Å². The van der Waals surface area contributed by atoms with Crippen LogP contribution in [0.2, 0.25) is 0 Å². The third kappa shape index (κ3) is 4.21. The number of rotatable bonds is 5. The first kappa shape index (κ1) is 19.3. The van der Waals surface area contributed by atoms with E-state index < -0.39 is 0 Å². The average Bonchev–Trinajstić information content (AvgIpc) is 3.23. The van der Waals surface area contributed by atoms with Crippen molar-refractivity contribution in [1.29, 1.82) is 0 Å². The van der Waals surface area contributed by atoms with Gasteiger partial charge in [-0.05, 0) is 56.9 Å². The third-order valence-electron chi connectivity index (χ3n) is 5.74. The van der Waals surface area contributed by atoms with Gasteiger partial charge in [-0.25, -0.2) is 0 Å². The van der Waals surface area contributed by atoms with Gasteiger partial charge < -0.3 is 19.7 Å². The Hall–Kier alpha value is -3.02. The van der Waals surface area contributed by atoms with Gasteiger partial charge in [0.1, 0.15) is 0 Å². The number of hydrogen-bond acceptors (Lipinski definition) is 4. The van der Waals surface area contributed by atoms with E-state index in [-0.39, 0.29) is 30.4 Å². The lowest BCUT2D eigenvalue weighted by molar-refractivity contribution is -0.126. The summed E-state index contributed by atoms with van der Waals surface area (Å²) in [6.45, 7) is 2.85. The molecule has 0 radical (unpaired) electrons. The van der Waals surface area contributed by atoms with Crippen molar-refractivity contribution in [1.82, 2.24) is 0 Å². The van der Waals surface area contributed by atoms with E-state index >= 15 is 0 Å². The summed E-state index contributed by atoms with van der Waals surface area (Å²) in [5.74, 6) is 1.41. The summed E-state index contributed by atoms with van der Waals surface area (Å²) in [4.78, 5) is 27.5. The van der Waals surface area contributed by atoms with Crippen molar-refractivity contribution in [3.05, 3.63) is 48.5 Å². The predicted molar refractivity (Wildman–Crippen MR) is 111 cm³/mol. The molecule has 1 heterocycles.